The Morgan fingerprint density at radius 2 is 2.32 bits per heavy atom. The van der Waals surface area contributed by atoms with Crippen molar-refractivity contribution in [2.24, 2.45) is 10.7 Å². The van der Waals surface area contributed by atoms with Gasteiger partial charge in [0.05, 0.1) is 13.2 Å². The van der Waals surface area contributed by atoms with Gasteiger partial charge in [-0.3, -0.25) is 9.89 Å². The monoisotopic (exact) mass is 361 g/mol. The molecule has 0 bridgehead atoms. The zero-order chi connectivity index (χ0) is 17.5. The first kappa shape index (κ1) is 17.6. The fourth-order valence-corrected chi connectivity index (χ4v) is 3.30. The van der Waals surface area contributed by atoms with Crippen molar-refractivity contribution in [2.45, 2.75) is 6.42 Å². The molecule has 4 N–H and O–H groups in total. The summed E-state index contributed by atoms with van der Waals surface area (Å²) >= 11 is 1.50. The predicted octanol–water partition coefficient (Wildman–Crippen LogP) is 1.20. The third kappa shape index (κ3) is 5.12. The summed E-state index contributed by atoms with van der Waals surface area (Å²) in [6.45, 7) is 4.54. The van der Waals surface area contributed by atoms with E-state index in [-0.39, 0.29) is 0 Å². The summed E-state index contributed by atoms with van der Waals surface area (Å²) < 4.78 is 5.38. The number of ether oxygens (including phenoxy) is 1. The first-order chi connectivity index (χ1) is 12.2. The second kappa shape index (κ2) is 8.75. The van der Waals surface area contributed by atoms with Crippen LogP contribution in [0.5, 0.6) is 0 Å². The van der Waals surface area contributed by atoms with Crippen molar-refractivity contribution in [1.29, 1.82) is 0 Å². The number of guanidine groups is 1. The van der Waals surface area contributed by atoms with Crippen LogP contribution in [-0.2, 0) is 4.74 Å². The van der Waals surface area contributed by atoms with Gasteiger partial charge in [0.2, 0.25) is 0 Å². The van der Waals surface area contributed by atoms with Crippen LogP contribution in [0.15, 0.2) is 35.2 Å². The fourth-order valence-electron chi connectivity index (χ4n) is 2.48. The third-order valence-electron chi connectivity index (χ3n) is 3.81. The van der Waals surface area contributed by atoms with E-state index in [1.54, 1.807) is 13.2 Å². The zero-order valence-corrected chi connectivity index (χ0v) is 15.1. The number of nitrogens with zero attached hydrogens (tertiary/aromatic N) is 4. The molecular weight excluding hydrogens is 338 g/mol. The van der Waals surface area contributed by atoms with Crippen molar-refractivity contribution in [3.8, 4) is 0 Å². The van der Waals surface area contributed by atoms with Gasteiger partial charge in [0.25, 0.3) is 0 Å². The van der Waals surface area contributed by atoms with Gasteiger partial charge in [-0.15, -0.1) is 0 Å². The van der Waals surface area contributed by atoms with Gasteiger partial charge in [-0.05, 0) is 24.6 Å². The number of hydrogen-bond acceptors (Lipinski definition) is 7. The highest BCUT2D eigenvalue weighted by Gasteiger charge is 2.10. The molecule has 0 amide bonds. The Bertz CT molecular complexity index is 719. The third-order valence-corrected chi connectivity index (χ3v) is 4.70. The topological polar surface area (TPSA) is 101 Å². The number of rotatable bonds is 6. The smallest absolute Gasteiger partial charge is 0.193 e. The Kier molecular flexibility index (Phi) is 6.15. The maximum absolute atomic E-state index is 5.82. The number of hydrogen-bond donors (Lipinski definition) is 3. The van der Waals surface area contributed by atoms with Crippen LogP contribution < -0.4 is 16.4 Å². The molecule has 0 aromatic carbocycles. The second-order valence-electron chi connectivity index (χ2n) is 5.57. The van der Waals surface area contributed by atoms with Crippen LogP contribution in [-0.4, -0.2) is 60.7 Å². The summed E-state index contributed by atoms with van der Waals surface area (Å²) in [4.78, 5) is 16.1. The first-order valence-corrected chi connectivity index (χ1v) is 9.04. The van der Waals surface area contributed by atoms with Crippen LogP contribution in [0.3, 0.4) is 0 Å². The van der Waals surface area contributed by atoms with E-state index < -0.39 is 0 Å². The molecule has 2 aromatic heterocycles. The molecule has 1 aliphatic heterocycles. The average Bonchev–Trinajstić information content (AvgIpc) is 3.04. The molecule has 1 saturated heterocycles. The van der Waals surface area contributed by atoms with E-state index in [0.717, 1.165) is 60.6 Å². The number of anilines is 1. The number of nitrogens with one attached hydrogen (secondary N) is 2. The van der Waals surface area contributed by atoms with Crippen molar-refractivity contribution >= 4 is 32.8 Å². The van der Waals surface area contributed by atoms with E-state index in [0.29, 0.717) is 5.96 Å². The van der Waals surface area contributed by atoms with E-state index in [2.05, 4.69) is 36.6 Å². The van der Waals surface area contributed by atoms with E-state index in [4.69, 9.17) is 10.5 Å². The number of aromatic nitrogens is 2. The van der Waals surface area contributed by atoms with Crippen LogP contribution in [0.4, 0.5) is 5.13 Å². The largest absolute Gasteiger partial charge is 0.379 e. The van der Waals surface area contributed by atoms with Crippen LogP contribution in [0.2, 0.25) is 0 Å². The van der Waals surface area contributed by atoms with Crippen molar-refractivity contribution in [3.05, 3.63) is 30.2 Å². The Hall–Kier alpha value is -2.23. The summed E-state index contributed by atoms with van der Waals surface area (Å²) in [5.41, 5.74) is 6.69. The fraction of sp³-hybridized carbons (Fsp3) is 0.438. The highest BCUT2D eigenvalue weighted by atomic mass is 32.1. The van der Waals surface area contributed by atoms with E-state index in [1.165, 1.54) is 11.3 Å². The lowest BCUT2D eigenvalue weighted by molar-refractivity contribution is 0.0387. The quantitative estimate of drug-likeness (QED) is 0.525. The van der Waals surface area contributed by atoms with Crippen LogP contribution in [0.25, 0.3) is 10.3 Å². The summed E-state index contributed by atoms with van der Waals surface area (Å²) in [6, 6.07) is 3.83. The van der Waals surface area contributed by atoms with Crippen molar-refractivity contribution in [2.75, 3.05) is 45.2 Å². The molecule has 0 unspecified atom stereocenters. The van der Waals surface area contributed by atoms with Crippen LogP contribution >= 0.6 is 11.3 Å². The minimum atomic E-state index is 0.351. The summed E-state index contributed by atoms with van der Waals surface area (Å²) in [5, 5.41) is 7.13. The van der Waals surface area contributed by atoms with Gasteiger partial charge in [0, 0.05) is 32.9 Å². The number of thiazole rings is 1. The highest BCUT2D eigenvalue weighted by molar-refractivity contribution is 7.21. The molecule has 1 aliphatic rings. The SMILES string of the molecule is CN=C(N)N/C(=C\CCN1CCOCC1)Nc1nc2cccnc2s1. The van der Waals surface area contributed by atoms with Gasteiger partial charge < -0.3 is 21.1 Å². The van der Waals surface area contributed by atoms with Gasteiger partial charge >= 0.3 is 0 Å². The molecule has 0 spiro atoms. The normalized spacial score (nSPS) is 17.0. The van der Waals surface area contributed by atoms with E-state index in [9.17, 15) is 0 Å². The number of nitrogens with two attached hydrogens (primary N) is 1. The molecule has 3 heterocycles. The predicted molar refractivity (Wildman–Crippen MR) is 102 cm³/mol. The Morgan fingerprint density at radius 1 is 1.48 bits per heavy atom. The van der Waals surface area contributed by atoms with Gasteiger partial charge in [0.1, 0.15) is 16.2 Å². The Morgan fingerprint density at radius 3 is 3.08 bits per heavy atom. The highest BCUT2D eigenvalue weighted by Crippen LogP contribution is 2.24. The molecule has 25 heavy (non-hydrogen) atoms. The Balaban J connectivity index is 1.66. The minimum Gasteiger partial charge on any atom is -0.379 e. The lowest BCUT2D eigenvalue weighted by atomic mass is 10.3. The number of aliphatic imine (C=N–C) groups is 1. The number of pyridine rings is 1. The molecule has 8 nitrogen and oxygen atoms in total. The molecular formula is C16H23N7OS. The van der Waals surface area contributed by atoms with E-state index >= 15 is 0 Å². The van der Waals surface area contributed by atoms with Gasteiger partial charge in [0.15, 0.2) is 11.1 Å². The zero-order valence-electron chi connectivity index (χ0n) is 14.2. The maximum atomic E-state index is 5.82. The minimum absolute atomic E-state index is 0.351. The second-order valence-corrected chi connectivity index (χ2v) is 6.54. The molecule has 9 heteroatoms. The molecule has 3 rings (SSSR count). The maximum Gasteiger partial charge on any atom is 0.193 e. The number of morpholine rings is 1. The Labute approximate surface area is 150 Å². The van der Waals surface area contributed by atoms with Crippen molar-refractivity contribution in [1.82, 2.24) is 20.2 Å². The molecule has 2 aromatic rings. The molecule has 0 aliphatic carbocycles. The van der Waals surface area contributed by atoms with Crippen molar-refractivity contribution < 1.29 is 4.74 Å². The summed E-state index contributed by atoms with van der Waals surface area (Å²) in [7, 11) is 1.65. The average molecular weight is 361 g/mol. The first-order valence-electron chi connectivity index (χ1n) is 8.23. The van der Waals surface area contributed by atoms with E-state index in [1.807, 2.05) is 12.1 Å². The summed E-state index contributed by atoms with van der Waals surface area (Å²) in [6.07, 6.45) is 4.73. The summed E-state index contributed by atoms with van der Waals surface area (Å²) in [5.74, 6) is 1.12. The van der Waals surface area contributed by atoms with Crippen molar-refractivity contribution in [3.63, 3.8) is 0 Å². The van der Waals surface area contributed by atoms with Crippen LogP contribution in [0, 0.1) is 0 Å². The van der Waals surface area contributed by atoms with Crippen LogP contribution in [0.1, 0.15) is 6.42 Å². The lowest BCUT2D eigenvalue weighted by Crippen LogP contribution is -2.37. The molecule has 0 saturated carbocycles. The molecule has 0 atom stereocenters. The lowest BCUT2D eigenvalue weighted by Gasteiger charge is -2.26. The standard InChI is InChI=1S/C16H23N7OS/c1-18-15(17)21-13(5-3-7-23-8-10-24-11-9-23)22-16-20-12-4-2-6-19-14(12)25-16/h2,4-6H,3,7-11H2,1H3,(H,20,22)(H3,17,18,21)/b13-5+. The molecule has 0 radical (unpaired) electrons. The van der Waals surface area contributed by atoms with Gasteiger partial charge in [-0.1, -0.05) is 11.3 Å². The van der Waals surface area contributed by atoms with Gasteiger partial charge in [-0.25, -0.2) is 9.97 Å². The molecule has 1 fully saturated rings. The molecule has 134 valence electrons. The van der Waals surface area contributed by atoms with Gasteiger partial charge in [-0.2, -0.15) is 0 Å². The number of fused-ring (bicyclic) bond motifs is 1.